The fourth-order valence-corrected chi connectivity index (χ4v) is 5.54. The van der Waals surface area contributed by atoms with E-state index in [1.807, 2.05) is 0 Å². The molecule has 0 spiro atoms. The minimum Gasteiger partial charge on any atom is -0.358 e. The zero-order chi connectivity index (χ0) is 20.3. The summed E-state index contributed by atoms with van der Waals surface area (Å²) < 4.78 is 0. The third kappa shape index (κ3) is 4.26. The number of benzene rings is 2. The molecule has 0 radical (unpaired) electrons. The van der Waals surface area contributed by atoms with E-state index in [4.69, 9.17) is 0 Å². The van der Waals surface area contributed by atoms with E-state index in [1.54, 1.807) is 0 Å². The van der Waals surface area contributed by atoms with E-state index in [0.717, 1.165) is 18.3 Å². The first-order valence-corrected chi connectivity index (χ1v) is 11.7. The van der Waals surface area contributed by atoms with Crippen molar-refractivity contribution in [2.24, 2.45) is 0 Å². The minimum absolute atomic E-state index is 0.0766. The average Bonchev–Trinajstić information content (AvgIpc) is 3.27. The fraction of sp³-hybridized carbons (Fsp3) is 0.520. The minimum atomic E-state index is 0.0766. The number of hydrogen-bond acceptors (Lipinski definition) is 5. The van der Waals surface area contributed by atoms with Gasteiger partial charge in [0.25, 0.3) is 0 Å². The summed E-state index contributed by atoms with van der Waals surface area (Å²) >= 11 is 0. The van der Waals surface area contributed by atoms with Crippen LogP contribution in [-0.4, -0.2) is 61.0 Å². The van der Waals surface area contributed by atoms with Crippen molar-refractivity contribution < 1.29 is 0 Å². The second-order valence-corrected chi connectivity index (χ2v) is 9.12. The van der Waals surface area contributed by atoms with Crippen LogP contribution in [0.15, 0.2) is 54.6 Å². The first kappa shape index (κ1) is 20.0. The standard InChI is InChI=1S/C25H35N5/c1-29-15-8-16-30(22-13-5-6-14-22)24-23(29)18-26-25(28-24)27-21-12-7-11-20(17-21)19-9-3-2-4-10-19/h2-4,7,9-12,17,22-28H,5-6,8,13-16,18H2,1H3. The van der Waals surface area contributed by atoms with Crippen LogP contribution in [0.3, 0.4) is 0 Å². The Balaban J connectivity index is 1.32. The van der Waals surface area contributed by atoms with Crippen molar-refractivity contribution in [1.29, 1.82) is 0 Å². The molecule has 3 aliphatic rings. The first-order valence-electron chi connectivity index (χ1n) is 11.7. The van der Waals surface area contributed by atoms with E-state index in [2.05, 4.69) is 87.4 Å². The Bertz CT molecular complexity index is 819. The molecule has 3 atom stereocenters. The molecule has 5 heteroatoms. The van der Waals surface area contributed by atoms with Gasteiger partial charge in [0.05, 0.1) is 12.2 Å². The molecule has 3 fully saturated rings. The van der Waals surface area contributed by atoms with E-state index in [1.165, 1.54) is 56.3 Å². The summed E-state index contributed by atoms with van der Waals surface area (Å²) in [6.07, 6.45) is 7.24. The number of anilines is 1. The molecule has 3 unspecified atom stereocenters. The van der Waals surface area contributed by atoms with Crippen LogP contribution in [0, 0.1) is 0 Å². The summed E-state index contributed by atoms with van der Waals surface area (Å²) in [5.41, 5.74) is 3.65. The van der Waals surface area contributed by atoms with Gasteiger partial charge in [0, 0.05) is 24.8 Å². The van der Waals surface area contributed by atoms with Crippen LogP contribution in [-0.2, 0) is 0 Å². The molecule has 2 heterocycles. The van der Waals surface area contributed by atoms with Crippen LogP contribution in [0.4, 0.5) is 5.69 Å². The topological polar surface area (TPSA) is 42.6 Å². The Morgan fingerprint density at radius 2 is 1.70 bits per heavy atom. The lowest BCUT2D eigenvalue weighted by Gasteiger charge is -2.47. The van der Waals surface area contributed by atoms with E-state index < -0.39 is 0 Å². The van der Waals surface area contributed by atoms with Crippen molar-refractivity contribution >= 4 is 5.69 Å². The van der Waals surface area contributed by atoms with Crippen LogP contribution in [0.25, 0.3) is 11.1 Å². The SMILES string of the molecule is CN1CCCN(C2CCCC2)C2NC(Nc3cccc(-c4ccccc4)c3)NCC21. The van der Waals surface area contributed by atoms with Gasteiger partial charge < -0.3 is 5.32 Å². The van der Waals surface area contributed by atoms with Crippen LogP contribution in [0.2, 0.25) is 0 Å². The lowest BCUT2D eigenvalue weighted by atomic mass is 10.1. The lowest BCUT2D eigenvalue weighted by Crippen LogP contribution is -2.71. The number of hydrogen-bond donors (Lipinski definition) is 3. The summed E-state index contributed by atoms with van der Waals surface area (Å²) in [5.74, 6) is 0. The molecule has 3 N–H and O–H groups in total. The summed E-state index contributed by atoms with van der Waals surface area (Å²) in [6, 6.07) is 20.6. The van der Waals surface area contributed by atoms with Gasteiger partial charge in [-0.25, -0.2) is 0 Å². The van der Waals surface area contributed by atoms with Gasteiger partial charge in [-0.1, -0.05) is 55.3 Å². The maximum Gasteiger partial charge on any atom is 0.133 e. The van der Waals surface area contributed by atoms with Gasteiger partial charge in [0.1, 0.15) is 6.29 Å². The molecule has 2 aromatic carbocycles. The Hall–Kier alpha value is -1.92. The van der Waals surface area contributed by atoms with Crippen LogP contribution < -0.4 is 16.0 Å². The molecule has 5 nitrogen and oxygen atoms in total. The Morgan fingerprint density at radius 3 is 2.53 bits per heavy atom. The molecule has 160 valence electrons. The molecule has 1 aliphatic carbocycles. The van der Waals surface area contributed by atoms with Gasteiger partial charge >= 0.3 is 0 Å². The van der Waals surface area contributed by atoms with Gasteiger partial charge in [0.15, 0.2) is 0 Å². The third-order valence-electron chi connectivity index (χ3n) is 7.16. The van der Waals surface area contributed by atoms with E-state index in [0.29, 0.717) is 12.2 Å². The van der Waals surface area contributed by atoms with Gasteiger partial charge in [-0.05, 0) is 56.1 Å². The molecule has 30 heavy (non-hydrogen) atoms. The number of nitrogens with zero attached hydrogens (tertiary/aromatic N) is 2. The van der Waals surface area contributed by atoms with Gasteiger partial charge in [-0.2, -0.15) is 0 Å². The van der Waals surface area contributed by atoms with Gasteiger partial charge in [-0.15, -0.1) is 0 Å². The van der Waals surface area contributed by atoms with Crippen molar-refractivity contribution in [1.82, 2.24) is 20.4 Å². The quantitative estimate of drug-likeness (QED) is 0.726. The number of nitrogens with one attached hydrogen (secondary N) is 3. The fourth-order valence-electron chi connectivity index (χ4n) is 5.54. The highest BCUT2D eigenvalue weighted by atomic mass is 15.4. The zero-order valence-electron chi connectivity index (χ0n) is 18.1. The highest BCUT2D eigenvalue weighted by molar-refractivity contribution is 5.68. The second-order valence-electron chi connectivity index (χ2n) is 9.12. The van der Waals surface area contributed by atoms with Gasteiger partial charge in [-0.3, -0.25) is 20.4 Å². The molecule has 0 bridgehead atoms. The predicted octanol–water partition coefficient (Wildman–Crippen LogP) is 3.52. The third-order valence-corrected chi connectivity index (χ3v) is 7.16. The number of likely N-dealkylation sites (N-methyl/N-ethyl adjacent to an activating group) is 1. The summed E-state index contributed by atoms with van der Waals surface area (Å²) in [7, 11) is 2.29. The molecule has 0 aromatic heterocycles. The first-order chi connectivity index (χ1) is 14.8. The van der Waals surface area contributed by atoms with Crippen molar-refractivity contribution in [2.45, 2.75) is 56.6 Å². The summed E-state index contributed by atoms with van der Waals surface area (Å²) in [4.78, 5) is 5.34. The Labute approximate surface area is 180 Å². The Kier molecular flexibility index (Phi) is 6.05. The maximum absolute atomic E-state index is 3.92. The molecule has 1 saturated carbocycles. The van der Waals surface area contributed by atoms with Crippen LogP contribution in [0.5, 0.6) is 0 Å². The maximum atomic E-state index is 3.92. The molecule has 5 rings (SSSR count). The molecule has 2 saturated heterocycles. The average molecular weight is 406 g/mol. The van der Waals surface area contributed by atoms with Crippen molar-refractivity contribution in [3.63, 3.8) is 0 Å². The molecular weight excluding hydrogens is 370 g/mol. The van der Waals surface area contributed by atoms with Crippen LogP contribution in [0.1, 0.15) is 32.1 Å². The predicted molar refractivity (Wildman–Crippen MR) is 124 cm³/mol. The summed E-state index contributed by atoms with van der Waals surface area (Å²) in [5, 5.41) is 11.3. The summed E-state index contributed by atoms with van der Waals surface area (Å²) in [6.45, 7) is 3.40. The normalized spacial score (nSPS) is 28.8. The monoisotopic (exact) mass is 405 g/mol. The highest BCUT2D eigenvalue weighted by Gasteiger charge is 2.40. The zero-order valence-corrected chi connectivity index (χ0v) is 18.1. The van der Waals surface area contributed by atoms with Crippen LogP contribution >= 0.6 is 0 Å². The largest absolute Gasteiger partial charge is 0.358 e. The number of rotatable bonds is 4. The molecule has 0 amide bonds. The lowest BCUT2D eigenvalue weighted by molar-refractivity contribution is 0.0363. The van der Waals surface area contributed by atoms with Crippen molar-refractivity contribution in [2.75, 3.05) is 32.0 Å². The van der Waals surface area contributed by atoms with E-state index in [9.17, 15) is 0 Å². The number of fused-ring (bicyclic) bond motifs is 1. The smallest absolute Gasteiger partial charge is 0.133 e. The Morgan fingerprint density at radius 1 is 0.900 bits per heavy atom. The molecular formula is C25H35N5. The molecule has 2 aromatic rings. The highest BCUT2D eigenvalue weighted by Crippen LogP contribution is 2.29. The second kappa shape index (κ2) is 9.06. The molecule has 2 aliphatic heterocycles. The van der Waals surface area contributed by atoms with Crippen molar-refractivity contribution in [3.8, 4) is 11.1 Å². The van der Waals surface area contributed by atoms with E-state index in [-0.39, 0.29) is 6.29 Å². The van der Waals surface area contributed by atoms with Gasteiger partial charge in [0.2, 0.25) is 0 Å². The van der Waals surface area contributed by atoms with E-state index >= 15 is 0 Å². The van der Waals surface area contributed by atoms with Crippen molar-refractivity contribution in [3.05, 3.63) is 54.6 Å².